The maximum Gasteiger partial charge on any atom is 0.336 e. The van der Waals surface area contributed by atoms with Gasteiger partial charge >= 0.3 is 5.97 Å². The average Bonchev–Trinajstić information content (AvgIpc) is 2.39. The molecule has 0 saturated heterocycles. The number of hydrogen-bond acceptors (Lipinski definition) is 3. The summed E-state index contributed by atoms with van der Waals surface area (Å²) in [6.07, 6.45) is -0.657. The Hall–Kier alpha value is -2.29. The van der Waals surface area contributed by atoms with Crippen molar-refractivity contribution < 1.29 is 14.3 Å². The van der Waals surface area contributed by atoms with E-state index in [1.807, 2.05) is 42.5 Å². The van der Waals surface area contributed by atoms with Gasteiger partial charge in [-0.05, 0) is 18.4 Å². The number of rotatable bonds is 4. The predicted molar refractivity (Wildman–Crippen MR) is 74.9 cm³/mol. The number of hydrogen-bond donors (Lipinski definition) is 0. The fourth-order valence-electron chi connectivity index (χ4n) is 1.75. The number of ether oxygens (including phenoxy) is 2. The first-order valence-electron chi connectivity index (χ1n) is 6.09. The van der Waals surface area contributed by atoms with Crippen LogP contribution in [0.25, 0.3) is 10.8 Å². The molecule has 19 heavy (non-hydrogen) atoms. The first kappa shape index (κ1) is 13.1. The monoisotopic (exact) mass is 256 g/mol. The summed E-state index contributed by atoms with van der Waals surface area (Å²) in [4.78, 5) is 11.4. The molecule has 0 spiro atoms. The van der Waals surface area contributed by atoms with E-state index in [9.17, 15) is 4.79 Å². The maximum absolute atomic E-state index is 11.4. The normalized spacial score (nSPS) is 11.9. The van der Waals surface area contributed by atoms with E-state index in [4.69, 9.17) is 9.47 Å². The number of benzene rings is 2. The van der Waals surface area contributed by atoms with Crippen LogP contribution < -0.4 is 4.74 Å². The second-order valence-corrected chi connectivity index (χ2v) is 4.35. The molecular formula is C16H16O3. The summed E-state index contributed by atoms with van der Waals surface area (Å²) in [5.74, 6) is 0.243. The Labute approximate surface area is 112 Å². The molecule has 1 unspecified atom stereocenters. The molecule has 2 aromatic rings. The van der Waals surface area contributed by atoms with E-state index in [2.05, 4.69) is 6.58 Å². The molecule has 0 bridgehead atoms. The lowest BCUT2D eigenvalue weighted by Gasteiger charge is -2.16. The van der Waals surface area contributed by atoms with Crippen molar-refractivity contribution in [1.82, 2.24) is 0 Å². The Bertz CT molecular complexity index is 611. The number of carbonyl (C=O) groups excluding carboxylic acids is 1. The van der Waals surface area contributed by atoms with Gasteiger partial charge in [0.2, 0.25) is 6.29 Å². The van der Waals surface area contributed by atoms with Crippen molar-refractivity contribution in [2.75, 3.05) is 0 Å². The zero-order valence-electron chi connectivity index (χ0n) is 11.1. The Morgan fingerprint density at radius 3 is 2.58 bits per heavy atom. The van der Waals surface area contributed by atoms with E-state index >= 15 is 0 Å². The fourth-order valence-corrected chi connectivity index (χ4v) is 1.75. The van der Waals surface area contributed by atoms with Gasteiger partial charge in [-0.15, -0.1) is 0 Å². The van der Waals surface area contributed by atoms with Crippen LogP contribution in [-0.4, -0.2) is 12.3 Å². The maximum atomic E-state index is 11.4. The Kier molecular flexibility index (Phi) is 3.85. The third-order valence-corrected chi connectivity index (χ3v) is 2.66. The highest BCUT2D eigenvalue weighted by Crippen LogP contribution is 2.26. The van der Waals surface area contributed by atoms with E-state index in [0.717, 1.165) is 10.8 Å². The molecule has 0 aliphatic heterocycles. The highest BCUT2D eigenvalue weighted by Gasteiger charge is 2.12. The lowest BCUT2D eigenvalue weighted by molar-refractivity contribution is -0.156. The van der Waals surface area contributed by atoms with Crippen molar-refractivity contribution >= 4 is 16.7 Å². The van der Waals surface area contributed by atoms with E-state index in [0.29, 0.717) is 11.3 Å². The molecule has 98 valence electrons. The third kappa shape index (κ3) is 3.13. The molecule has 0 radical (unpaired) electrons. The zero-order chi connectivity index (χ0) is 13.8. The molecule has 0 aliphatic rings. The highest BCUT2D eigenvalue weighted by atomic mass is 16.7. The van der Waals surface area contributed by atoms with Crippen molar-refractivity contribution in [3.63, 3.8) is 0 Å². The molecule has 0 amide bonds. The van der Waals surface area contributed by atoms with Gasteiger partial charge in [-0.2, -0.15) is 0 Å². The molecule has 3 nitrogen and oxygen atoms in total. The van der Waals surface area contributed by atoms with Gasteiger partial charge < -0.3 is 9.47 Å². The first-order chi connectivity index (χ1) is 9.08. The lowest BCUT2D eigenvalue weighted by atomic mass is 10.1. The smallest absolute Gasteiger partial charge is 0.336 e. The molecule has 2 rings (SSSR count). The summed E-state index contributed by atoms with van der Waals surface area (Å²) in [6.45, 7) is 6.82. The van der Waals surface area contributed by atoms with Crippen LogP contribution >= 0.6 is 0 Å². The number of carbonyl (C=O) groups is 1. The van der Waals surface area contributed by atoms with Gasteiger partial charge in [0, 0.05) is 17.9 Å². The van der Waals surface area contributed by atoms with Gasteiger partial charge in [-0.25, -0.2) is 4.79 Å². The van der Waals surface area contributed by atoms with Crippen LogP contribution in [0.5, 0.6) is 5.75 Å². The highest BCUT2D eigenvalue weighted by molar-refractivity contribution is 5.88. The molecule has 1 atom stereocenters. The minimum Gasteiger partial charge on any atom is -0.454 e. The molecule has 0 fully saturated rings. The zero-order valence-corrected chi connectivity index (χ0v) is 11.1. The molecule has 0 heterocycles. The summed E-state index contributed by atoms with van der Waals surface area (Å²) in [7, 11) is 0. The standard InChI is InChI=1S/C16H16O3/c1-11(2)16(17)19-12(3)18-15-10-6-8-13-7-4-5-9-14(13)15/h4-10,12H,1H2,2-3H3. The van der Waals surface area contributed by atoms with Gasteiger partial charge in [-0.1, -0.05) is 43.0 Å². The van der Waals surface area contributed by atoms with E-state index < -0.39 is 12.3 Å². The number of esters is 1. The van der Waals surface area contributed by atoms with Crippen molar-refractivity contribution in [3.05, 3.63) is 54.6 Å². The van der Waals surface area contributed by atoms with E-state index in [-0.39, 0.29) is 0 Å². The second kappa shape index (κ2) is 5.57. The van der Waals surface area contributed by atoms with Gasteiger partial charge in [0.25, 0.3) is 0 Å². The van der Waals surface area contributed by atoms with Crippen LogP contribution in [0.1, 0.15) is 13.8 Å². The van der Waals surface area contributed by atoms with Crippen molar-refractivity contribution in [2.24, 2.45) is 0 Å². The molecule has 0 N–H and O–H groups in total. The van der Waals surface area contributed by atoms with Crippen molar-refractivity contribution in [2.45, 2.75) is 20.1 Å². The van der Waals surface area contributed by atoms with Crippen LogP contribution in [-0.2, 0) is 9.53 Å². The number of fused-ring (bicyclic) bond motifs is 1. The average molecular weight is 256 g/mol. The predicted octanol–water partition coefficient (Wildman–Crippen LogP) is 3.68. The van der Waals surface area contributed by atoms with Crippen LogP contribution in [0.15, 0.2) is 54.6 Å². The van der Waals surface area contributed by atoms with Crippen molar-refractivity contribution in [1.29, 1.82) is 0 Å². The Balaban J connectivity index is 2.17. The summed E-state index contributed by atoms with van der Waals surface area (Å²) in [5, 5.41) is 2.07. The largest absolute Gasteiger partial charge is 0.454 e. The quantitative estimate of drug-likeness (QED) is 0.475. The molecule has 0 aliphatic carbocycles. The molecular weight excluding hydrogens is 240 g/mol. The molecule has 0 aromatic heterocycles. The van der Waals surface area contributed by atoms with Crippen LogP contribution in [0.3, 0.4) is 0 Å². The SMILES string of the molecule is C=C(C)C(=O)OC(C)Oc1cccc2ccccc12. The summed E-state index contributed by atoms with van der Waals surface area (Å²) < 4.78 is 10.8. The van der Waals surface area contributed by atoms with E-state index in [1.54, 1.807) is 13.8 Å². The fraction of sp³-hybridized carbons (Fsp3) is 0.188. The van der Waals surface area contributed by atoms with Gasteiger partial charge in [0.05, 0.1) is 0 Å². The van der Waals surface area contributed by atoms with Gasteiger partial charge in [-0.3, -0.25) is 0 Å². The van der Waals surface area contributed by atoms with Crippen LogP contribution in [0.4, 0.5) is 0 Å². The van der Waals surface area contributed by atoms with Gasteiger partial charge in [0.1, 0.15) is 5.75 Å². The first-order valence-corrected chi connectivity index (χ1v) is 6.09. The summed E-state index contributed by atoms with van der Waals surface area (Å²) in [5.41, 5.74) is 0.355. The summed E-state index contributed by atoms with van der Waals surface area (Å²) in [6, 6.07) is 13.7. The molecule has 2 aromatic carbocycles. The van der Waals surface area contributed by atoms with E-state index in [1.165, 1.54) is 0 Å². The van der Waals surface area contributed by atoms with Gasteiger partial charge in [0.15, 0.2) is 0 Å². The third-order valence-electron chi connectivity index (χ3n) is 2.66. The van der Waals surface area contributed by atoms with Crippen LogP contribution in [0, 0.1) is 0 Å². The topological polar surface area (TPSA) is 35.5 Å². The minimum absolute atomic E-state index is 0.355. The minimum atomic E-state index is -0.657. The lowest BCUT2D eigenvalue weighted by Crippen LogP contribution is -2.21. The Morgan fingerprint density at radius 1 is 1.16 bits per heavy atom. The molecule has 3 heteroatoms. The summed E-state index contributed by atoms with van der Waals surface area (Å²) >= 11 is 0. The second-order valence-electron chi connectivity index (χ2n) is 4.35. The Morgan fingerprint density at radius 2 is 1.84 bits per heavy atom. The van der Waals surface area contributed by atoms with Crippen LogP contribution in [0.2, 0.25) is 0 Å². The molecule has 0 saturated carbocycles. The van der Waals surface area contributed by atoms with Crippen molar-refractivity contribution in [3.8, 4) is 5.75 Å².